The molecule has 0 aliphatic heterocycles. The van der Waals surface area contributed by atoms with E-state index >= 15 is 0 Å². The van der Waals surface area contributed by atoms with Gasteiger partial charge in [0.2, 0.25) is 0 Å². The highest BCUT2D eigenvalue weighted by molar-refractivity contribution is 5.85. The maximum absolute atomic E-state index is 12.0. The predicted molar refractivity (Wildman–Crippen MR) is 100 cm³/mol. The van der Waals surface area contributed by atoms with Gasteiger partial charge in [-0.25, -0.2) is 9.59 Å². The molecule has 0 saturated carbocycles. The maximum Gasteiger partial charge on any atom is 0.407 e. The SMILES string of the molecule is COC(=O)[C@@H](CN)NC(=O)OCC1c2ccccc2-c2ccccc21.Cl. The van der Waals surface area contributed by atoms with Crippen LogP contribution >= 0.6 is 12.4 Å². The van der Waals surface area contributed by atoms with E-state index < -0.39 is 18.1 Å². The second kappa shape index (κ2) is 8.69. The molecule has 0 bridgehead atoms. The lowest BCUT2D eigenvalue weighted by molar-refractivity contribution is -0.142. The number of ether oxygens (including phenoxy) is 2. The van der Waals surface area contributed by atoms with Crippen molar-refractivity contribution in [1.82, 2.24) is 5.32 Å². The van der Waals surface area contributed by atoms with E-state index in [1.54, 1.807) is 0 Å². The van der Waals surface area contributed by atoms with Crippen LogP contribution in [0.5, 0.6) is 0 Å². The zero-order valence-corrected chi connectivity index (χ0v) is 15.1. The van der Waals surface area contributed by atoms with Crippen LogP contribution in [0.25, 0.3) is 11.1 Å². The van der Waals surface area contributed by atoms with Gasteiger partial charge in [-0.05, 0) is 22.3 Å². The van der Waals surface area contributed by atoms with Crippen LogP contribution in [-0.4, -0.2) is 38.4 Å². The second-order valence-electron chi connectivity index (χ2n) is 5.78. The minimum Gasteiger partial charge on any atom is -0.467 e. The number of esters is 1. The summed E-state index contributed by atoms with van der Waals surface area (Å²) in [4.78, 5) is 23.5. The minimum atomic E-state index is -0.916. The average Bonchev–Trinajstić information content (AvgIpc) is 2.98. The first-order valence-corrected chi connectivity index (χ1v) is 8.05. The molecule has 2 aromatic carbocycles. The summed E-state index contributed by atoms with van der Waals surface area (Å²) in [7, 11) is 1.24. The van der Waals surface area contributed by atoms with Crippen molar-refractivity contribution >= 4 is 24.5 Å². The number of halogens is 1. The van der Waals surface area contributed by atoms with Crippen LogP contribution in [0.4, 0.5) is 4.79 Å². The number of carbonyl (C=O) groups is 2. The summed E-state index contributed by atoms with van der Waals surface area (Å²) in [5.74, 6) is -0.636. The summed E-state index contributed by atoms with van der Waals surface area (Å²) in [5, 5.41) is 2.43. The second-order valence-corrected chi connectivity index (χ2v) is 5.78. The number of methoxy groups -OCH3 is 1. The third kappa shape index (κ3) is 3.81. The van der Waals surface area contributed by atoms with Crippen LogP contribution in [0.2, 0.25) is 0 Å². The fourth-order valence-electron chi connectivity index (χ4n) is 3.14. The third-order valence-electron chi connectivity index (χ3n) is 4.36. The zero-order chi connectivity index (χ0) is 17.8. The molecule has 3 rings (SSSR count). The normalized spacial score (nSPS) is 13.0. The van der Waals surface area contributed by atoms with Crippen molar-refractivity contribution in [3.63, 3.8) is 0 Å². The lowest BCUT2D eigenvalue weighted by Gasteiger charge is -2.17. The van der Waals surface area contributed by atoms with Crippen molar-refractivity contribution in [2.24, 2.45) is 5.73 Å². The number of amides is 1. The van der Waals surface area contributed by atoms with Gasteiger partial charge in [0.25, 0.3) is 0 Å². The van der Waals surface area contributed by atoms with Crippen LogP contribution in [0.3, 0.4) is 0 Å². The molecule has 1 aliphatic rings. The summed E-state index contributed by atoms with van der Waals surface area (Å²) >= 11 is 0. The van der Waals surface area contributed by atoms with Gasteiger partial charge in [-0.1, -0.05) is 48.5 Å². The Labute approximate surface area is 158 Å². The highest BCUT2D eigenvalue weighted by Gasteiger charge is 2.29. The number of fused-ring (bicyclic) bond motifs is 3. The van der Waals surface area contributed by atoms with E-state index in [2.05, 4.69) is 22.2 Å². The Morgan fingerprint density at radius 1 is 1.08 bits per heavy atom. The van der Waals surface area contributed by atoms with Gasteiger partial charge in [-0.15, -0.1) is 12.4 Å². The Hall–Kier alpha value is -2.57. The monoisotopic (exact) mass is 376 g/mol. The third-order valence-corrected chi connectivity index (χ3v) is 4.36. The number of benzene rings is 2. The molecule has 0 saturated heterocycles. The molecular formula is C19H21ClN2O4. The maximum atomic E-state index is 12.0. The van der Waals surface area contributed by atoms with Crippen LogP contribution in [0.1, 0.15) is 17.0 Å². The molecule has 0 heterocycles. The first-order valence-electron chi connectivity index (χ1n) is 8.05. The molecule has 0 aromatic heterocycles. The lowest BCUT2D eigenvalue weighted by Crippen LogP contribution is -2.46. The molecule has 1 amide bonds. The Morgan fingerprint density at radius 3 is 2.12 bits per heavy atom. The molecule has 0 radical (unpaired) electrons. The first-order chi connectivity index (χ1) is 12.2. The molecule has 3 N–H and O–H groups in total. The highest BCUT2D eigenvalue weighted by atomic mass is 35.5. The Bertz CT molecular complexity index is 751. The van der Waals surface area contributed by atoms with Crippen molar-refractivity contribution in [3.8, 4) is 11.1 Å². The van der Waals surface area contributed by atoms with Gasteiger partial charge >= 0.3 is 12.1 Å². The van der Waals surface area contributed by atoms with Gasteiger partial charge in [-0.3, -0.25) is 0 Å². The minimum absolute atomic E-state index is 0. The number of rotatable bonds is 5. The van der Waals surface area contributed by atoms with Gasteiger partial charge in [-0.2, -0.15) is 0 Å². The van der Waals surface area contributed by atoms with E-state index in [-0.39, 0.29) is 31.5 Å². The zero-order valence-electron chi connectivity index (χ0n) is 14.3. The molecule has 26 heavy (non-hydrogen) atoms. The number of hydrogen-bond acceptors (Lipinski definition) is 5. The van der Waals surface area contributed by atoms with E-state index in [0.29, 0.717) is 0 Å². The van der Waals surface area contributed by atoms with Crippen LogP contribution in [0.15, 0.2) is 48.5 Å². The van der Waals surface area contributed by atoms with E-state index in [1.807, 2.05) is 36.4 Å². The van der Waals surface area contributed by atoms with E-state index in [1.165, 1.54) is 7.11 Å². The van der Waals surface area contributed by atoms with Crippen molar-refractivity contribution in [2.75, 3.05) is 20.3 Å². The van der Waals surface area contributed by atoms with Gasteiger partial charge in [0.1, 0.15) is 12.6 Å². The van der Waals surface area contributed by atoms with Crippen LogP contribution in [-0.2, 0) is 14.3 Å². The largest absolute Gasteiger partial charge is 0.467 e. The van der Waals surface area contributed by atoms with Crippen molar-refractivity contribution in [3.05, 3.63) is 59.7 Å². The van der Waals surface area contributed by atoms with Gasteiger partial charge in [0.15, 0.2) is 0 Å². The lowest BCUT2D eigenvalue weighted by atomic mass is 9.98. The highest BCUT2D eigenvalue weighted by Crippen LogP contribution is 2.44. The summed E-state index contributed by atoms with van der Waals surface area (Å²) < 4.78 is 9.94. The number of carbonyl (C=O) groups excluding carboxylic acids is 2. The molecule has 0 spiro atoms. The van der Waals surface area contributed by atoms with Crippen molar-refractivity contribution in [1.29, 1.82) is 0 Å². The van der Waals surface area contributed by atoms with Crippen molar-refractivity contribution in [2.45, 2.75) is 12.0 Å². The first kappa shape index (κ1) is 19.8. The Balaban J connectivity index is 0.00000243. The van der Waals surface area contributed by atoms with Gasteiger partial charge < -0.3 is 20.5 Å². The summed E-state index contributed by atoms with van der Waals surface area (Å²) in [6.45, 7) is 0.120. The molecular weight excluding hydrogens is 356 g/mol. The van der Waals surface area contributed by atoms with E-state index in [0.717, 1.165) is 22.3 Å². The standard InChI is InChI=1S/C19H20N2O4.ClH/c1-24-18(22)17(10-20)21-19(23)25-11-16-14-8-4-2-6-12(14)13-7-3-5-9-15(13)16;/h2-9,16-17H,10-11,20H2,1H3,(H,21,23);1H/t17-;/m1./s1. The van der Waals surface area contributed by atoms with Gasteiger partial charge in [0, 0.05) is 12.5 Å². The predicted octanol–water partition coefficient (Wildman–Crippen LogP) is 2.45. The average molecular weight is 377 g/mol. The van der Waals surface area contributed by atoms with Gasteiger partial charge in [0.05, 0.1) is 7.11 Å². The number of nitrogens with two attached hydrogens (primary N) is 1. The summed E-state index contributed by atoms with van der Waals surface area (Å²) in [6, 6.07) is 15.2. The summed E-state index contributed by atoms with van der Waals surface area (Å²) in [5.41, 5.74) is 10.0. The number of hydrogen-bond donors (Lipinski definition) is 2. The fraction of sp³-hybridized carbons (Fsp3) is 0.263. The molecule has 1 aliphatic carbocycles. The van der Waals surface area contributed by atoms with E-state index in [9.17, 15) is 9.59 Å². The molecule has 0 unspecified atom stereocenters. The molecule has 0 fully saturated rings. The quantitative estimate of drug-likeness (QED) is 0.782. The fourth-order valence-corrected chi connectivity index (χ4v) is 3.14. The van der Waals surface area contributed by atoms with Crippen LogP contribution in [0, 0.1) is 0 Å². The number of alkyl carbamates (subject to hydrolysis) is 1. The number of nitrogens with one attached hydrogen (secondary N) is 1. The smallest absolute Gasteiger partial charge is 0.407 e. The van der Waals surface area contributed by atoms with Crippen LogP contribution < -0.4 is 11.1 Å². The Morgan fingerprint density at radius 2 is 1.62 bits per heavy atom. The Kier molecular flexibility index (Phi) is 6.60. The molecule has 7 heteroatoms. The topological polar surface area (TPSA) is 90.6 Å². The van der Waals surface area contributed by atoms with Crippen molar-refractivity contribution < 1.29 is 19.1 Å². The van der Waals surface area contributed by atoms with E-state index in [4.69, 9.17) is 10.5 Å². The molecule has 1 atom stereocenters. The molecule has 138 valence electrons. The summed E-state index contributed by atoms with van der Waals surface area (Å²) in [6.07, 6.45) is -0.692. The molecule has 6 nitrogen and oxygen atoms in total. The molecule has 2 aromatic rings.